The second-order valence-corrected chi connectivity index (χ2v) is 9.16. The summed E-state index contributed by atoms with van der Waals surface area (Å²) in [5.41, 5.74) is 2.67. The maximum atomic E-state index is 13.2. The summed E-state index contributed by atoms with van der Waals surface area (Å²) in [6.07, 6.45) is 0.690. The number of hydrogen-bond acceptors (Lipinski definition) is 7. The van der Waals surface area contributed by atoms with Crippen molar-refractivity contribution in [2.45, 2.75) is 32.4 Å². The zero-order valence-electron chi connectivity index (χ0n) is 18.6. The molecule has 8 heteroatoms. The average molecular weight is 474 g/mol. The van der Waals surface area contributed by atoms with Crippen LogP contribution >= 0.6 is 11.3 Å². The third-order valence-electron chi connectivity index (χ3n) is 5.87. The summed E-state index contributed by atoms with van der Waals surface area (Å²) in [7, 11) is 0. The summed E-state index contributed by atoms with van der Waals surface area (Å²) in [5.74, 6) is -0.300. The first-order chi connectivity index (χ1) is 16.6. The van der Waals surface area contributed by atoms with Crippen molar-refractivity contribution in [2.75, 3.05) is 4.90 Å². The molecule has 172 valence electrons. The number of esters is 1. The minimum atomic E-state index is -0.505. The highest BCUT2D eigenvalue weighted by Crippen LogP contribution is 2.42. The molecule has 0 aliphatic carbocycles. The van der Waals surface area contributed by atoms with E-state index >= 15 is 0 Å². The summed E-state index contributed by atoms with van der Waals surface area (Å²) < 4.78 is 11.3. The maximum absolute atomic E-state index is 13.2. The molecule has 3 heterocycles. The van der Waals surface area contributed by atoms with Gasteiger partial charge >= 0.3 is 5.97 Å². The molecule has 5 rings (SSSR count). The number of hydrogen-bond donors (Lipinski definition) is 0. The van der Waals surface area contributed by atoms with E-state index in [9.17, 15) is 9.59 Å². The predicted octanol–water partition coefficient (Wildman–Crippen LogP) is 5.33. The topological polar surface area (TPSA) is 85.5 Å². The highest BCUT2D eigenvalue weighted by atomic mass is 32.1. The molecular weight excluding hydrogens is 450 g/mol. The lowest BCUT2D eigenvalue weighted by atomic mass is 9.87. The van der Waals surface area contributed by atoms with E-state index in [4.69, 9.17) is 9.15 Å². The first kappa shape index (κ1) is 22.0. The van der Waals surface area contributed by atoms with Crippen LogP contribution in [-0.4, -0.2) is 22.1 Å². The van der Waals surface area contributed by atoms with E-state index in [0.29, 0.717) is 12.3 Å². The largest absolute Gasteiger partial charge is 0.455 e. The number of carbonyl (C=O) groups excluding carboxylic acids is 2. The van der Waals surface area contributed by atoms with Gasteiger partial charge in [-0.25, -0.2) is 0 Å². The molecule has 2 aromatic heterocycles. The average Bonchev–Trinajstić information content (AvgIpc) is 3.56. The number of amides is 1. The fourth-order valence-corrected chi connectivity index (χ4v) is 5.06. The number of benzene rings is 2. The minimum Gasteiger partial charge on any atom is -0.455 e. The molecule has 0 saturated carbocycles. The Morgan fingerprint density at radius 2 is 1.88 bits per heavy atom. The zero-order valence-corrected chi connectivity index (χ0v) is 19.4. The summed E-state index contributed by atoms with van der Waals surface area (Å²) in [5, 5.41) is 10.00. The van der Waals surface area contributed by atoms with Gasteiger partial charge in [-0.1, -0.05) is 42.0 Å². The van der Waals surface area contributed by atoms with Crippen molar-refractivity contribution < 1.29 is 18.7 Å². The van der Waals surface area contributed by atoms with Crippen LogP contribution in [-0.2, 0) is 20.9 Å². The number of carbonyl (C=O) groups is 2. The monoisotopic (exact) mass is 473 g/mol. The third kappa shape index (κ3) is 4.49. The van der Waals surface area contributed by atoms with Gasteiger partial charge in [0, 0.05) is 22.5 Å². The van der Waals surface area contributed by atoms with Crippen LogP contribution in [0.15, 0.2) is 76.5 Å². The second-order valence-electron chi connectivity index (χ2n) is 8.18. The maximum Gasteiger partial charge on any atom is 0.311 e. The molecule has 0 unspecified atom stereocenters. The molecule has 4 aromatic rings. The smallest absolute Gasteiger partial charge is 0.311 e. The molecule has 0 spiro atoms. The Labute approximate surface area is 201 Å². The quantitative estimate of drug-likeness (QED) is 0.352. The zero-order chi connectivity index (χ0) is 23.5. The van der Waals surface area contributed by atoms with Gasteiger partial charge in [0.1, 0.15) is 0 Å². The van der Waals surface area contributed by atoms with Crippen LogP contribution in [0.1, 0.15) is 35.2 Å². The van der Waals surface area contributed by atoms with E-state index in [1.807, 2.05) is 79.0 Å². The number of piperidine rings is 1. The minimum absolute atomic E-state index is 0.00397. The molecule has 0 radical (unpaired) electrons. The Bertz CT molecular complexity index is 1270. The number of aryl methyl sites for hydroxylation is 1. The number of thiophene rings is 1. The molecule has 0 N–H and O–H groups in total. The Morgan fingerprint density at radius 3 is 2.62 bits per heavy atom. The summed E-state index contributed by atoms with van der Waals surface area (Å²) in [6.45, 7) is 1.88. The predicted molar refractivity (Wildman–Crippen MR) is 128 cm³/mol. The van der Waals surface area contributed by atoms with E-state index in [1.165, 1.54) is 11.3 Å². The highest BCUT2D eigenvalue weighted by molar-refractivity contribution is 7.10. The molecule has 1 aliphatic heterocycles. The van der Waals surface area contributed by atoms with Crippen LogP contribution in [0, 0.1) is 12.8 Å². The van der Waals surface area contributed by atoms with E-state index < -0.39 is 12.0 Å². The summed E-state index contributed by atoms with van der Waals surface area (Å²) in [6, 6.07) is 20.6. The number of nitrogens with zero attached hydrogens (tertiary/aromatic N) is 3. The Balaban J connectivity index is 1.36. The van der Waals surface area contributed by atoms with Gasteiger partial charge in [-0.3, -0.25) is 9.59 Å². The normalized spacial score (nSPS) is 18.1. The lowest BCUT2D eigenvalue weighted by molar-refractivity contribution is -0.152. The summed E-state index contributed by atoms with van der Waals surface area (Å²) in [4.78, 5) is 28.9. The molecule has 1 fully saturated rings. The van der Waals surface area contributed by atoms with E-state index in [0.717, 1.165) is 21.7 Å². The SMILES string of the molecule is Cc1ccc(N2C(=O)CC[C@H](C(=O)OCc3nnc(-c4ccccc4)o3)[C@H]2c2cccs2)cc1. The lowest BCUT2D eigenvalue weighted by Crippen LogP contribution is -2.45. The van der Waals surface area contributed by atoms with Crippen molar-refractivity contribution in [1.29, 1.82) is 0 Å². The number of ether oxygens (including phenoxy) is 1. The van der Waals surface area contributed by atoms with E-state index in [1.54, 1.807) is 4.90 Å². The molecule has 2 atom stereocenters. The van der Waals surface area contributed by atoms with Crippen LogP contribution in [0.25, 0.3) is 11.5 Å². The first-order valence-electron chi connectivity index (χ1n) is 11.1. The molecule has 1 aliphatic rings. The first-order valence-corrected chi connectivity index (χ1v) is 11.9. The lowest BCUT2D eigenvalue weighted by Gasteiger charge is -2.39. The van der Waals surface area contributed by atoms with E-state index in [-0.39, 0.29) is 30.8 Å². The number of rotatable bonds is 6. The van der Waals surface area contributed by atoms with Crippen LogP contribution < -0.4 is 4.90 Å². The molecule has 1 saturated heterocycles. The molecular formula is C26H23N3O4S. The van der Waals surface area contributed by atoms with Crippen molar-refractivity contribution in [1.82, 2.24) is 10.2 Å². The third-order valence-corrected chi connectivity index (χ3v) is 6.82. The van der Waals surface area contributed by atoms with Crippen molar-refractivity contribution >= 4 is 28.9 Å². The molecule has 2 aromatic carbocycles. The van der Waals surface area contributed by atoms with Gasteiger partial charge in [0.05, 0.1) is 12.0 Å². The van der Waals surface area contributed by atoms with Gasteiger partial charge in [0.25, 0.3) is 5.89 Å². The fourth-order valence-electron chi connectivity index (χ4n) is 4.18. The Morgan fingerprint density at radius 1 is 1.09 bits per heavy atom. The molecule has 0 bridgehead atoms. The molecule has 1 amide bonds. The van der Waals surface area contributed by atoms with Gasteiger partial charge < -0.3 is 14.1 Å². The van der Waals surface area contributed by atoms with Crippen LogP contribution in [0.5, 0.6) is 0 Å². The molecule has 7 nitrogen and oxygen atoms in total. The van der Waals surface area contributed by atoms with Gasteiger partial charge in [0.15, 0.2) is 6.61 Å². The Hall–Kier alpha value is -3.78. The van der Waals surface area contributed by atoms with Crippen molar-refractivity contribution in [3.8, 4) is 11.5 Å². The second kappa shape index (κ2) is 9.61. The van der Waals surface area contributed by atoms with Gasteiger partial charge in [0.2, 0.25) is 11.8 Å². The standard InChI is InChI=1S/C26H23N3O4S/c1-17-9-11-19(12-10-17)29-23(30)14-13-20(24(29)21-8-5-15-34-21)26(31)32-16-22-27-28-25(33-22)18-6-3-2-4-7-18/h2-12,15,20,24H,13-14,16H2,1H3/t20-,24-/m0/s1. The van der Waals surface area contributed by atoms with Crippen molar-refractivity contribution in [3.63, 3.8) is 0 Å². The highest BCUT2D eigenvalue weighted by Gasteiger charge is 2.43. The van der Waals surface area contributed by atoms with Gasteiger partial charge in [-0.15, -0.1) is 21.5 Å². The van der Waals surface area contributed by atoms with Gasteiger partial charge in [-0.2, -0.15) is 0 Å². The number of anilines is 1. The summed E-state index contributed by atoms with van der Waals surface area (Å²) >= 11 is 1.53. The van der Waals surface area contributed by atoms with Crippen molar-refractivity contribution in [2.24, 2.45) is 5.92 Å². The van der Waals surface area contributed by atoms with Crippen LogP contribution in [0.4, 0.5) is 5.69 Å². The fraction of sp³-hybridized carbons (Fsp3) is 0.231. The van der Waals surface area contributed by atoms with E-state index in [2.05, 4.69) is 10.2 Å². The Kier molecular flexibility index (Phi) is 6.22. The molecule has 34 heavy (non-hydrogen) atoms. The van der Waals surface area contributed by atoms with Crippen LogP contribution in [0.3, 0.4) is 0 Å². The van der Waals surface area contributed by atoms with Crippen molar-refractivity contribution in [3.05, 3.63) is 88.4 Å². The number of aromatic nitrogens is 2. The van der Waals surface area contributed by atoms with Gasteiger partial charge in [-0.05, 0) is 49.1 Å². The van der Waals surface area contributed by atoms with Crippen LogP contribution in [0.2, 0.25) is 0 Å².